The van der Waals surface area contributed by atoms with E-state index in [2.05, 4.69) is 12.3 Å². The average Bonchev–Trinajstić information content (AvgIpc) is 2.26. The molecule has 0 aliphatic carbocycles. The molecule has 15 heavy (non-hydrogen) atoms. The Morgan fingerprint density at radius 3 is 2.40 bits per heavy atom. The van der Waals surface area contributed by atoms with Gasteiger partial charge in [0.05, 0.1) is 0 Å². The summed E-state index contributed by atoms with van der Waals surface area (Å²) < 4.78 is 0. The number of hydrogen-bond donors (Lipinski definition) is 2. The number of nitrogens with one attached hydrogen (secondary N) is 1. The van der Waals surface area contributed by atoms with Crippen LogP contribution in [0.1, 0.15) is 51.9 Å². The number of rotatable bonds is 10. The fraction of sp³-hybridized carbons (Fsp3) is 0.909. The smallest absolute Gasteiger partial charge is 0.233 e. The minimum absolute atomic E-state index is 0.0504. The number of carbonyl (C=O) groups is 1. The zero-order valence-corrected chi connectivity index (χ0v) is 10.6. The summed E-state index contributed by atoms with van der Waals surface area (Å²) in [6, 6.07) is 0. The Morgan fingerprint density at radius 1 is 1.13 bits per heavy atom. The first-order chi connectivity index (χ1) is 7.31. The van der Waals surface area contributed by atoms with Crippen molar-refractivity contribution in [2.75, 3.05) is 11.5 Å². The standard InChI is InChI=1S/C11H24N2OS/c1-2-3-6-9-15-10-7-4-5-8-11(14)13-12/h2-10,12H2,1H3,(H,13,14). The van der Waals surface area contributed by atoms with Crippen molar-refractivity contribution in [3.63, 3.8) is 0 Å². The fourth-order valence-corrected chi connectivity index (χ4v) is 2.32. The maximum atomic E-state index is 10.8. The Bertz CT molecular complexity index is 154. The van der Waals surface area contributed by atoms with E-state index in [-0.39, 0.29) is 5.91 Å². The topological polar surface area (TPSA) is 55.1 Å². The molecule has 0 fully saturated rings. The van der Waals surface area contributed by atoms with Crippen LogP contribution in [-0.2, 0) is 4.79 Å². The maximum absolute atomic E-state index is 10.8. The van der Waals surface area contributed by atoms with E-state index in [1.165, 1.54) is 37.2 Å². The summed E-state index contributed by atoms with van der Waals surface area (Å²) in [4.78, 5) is 10.8. The van der Waals surface area contributed by atoms with E-state index in [0.717, 1.165) is 12.8 Å². The summed E-state index contributed by atoms with van der Waals surface area (Å²) in [6.07, 6.45) is 7.87. The Hall–Kier alpha value is -0.220. The first kappa shape index (κ1) is 14.8. The third-order valence-electron chi connectivity index (χ3n) is 2.25. The molecule has 0 atom stereocenters. The van der Waals surface area contributed by atoms with Gasteiger partial charge >= 0.3 is 0 Å². The average molecular weight is 232 g/mol. The van der Waals surface area contributed by atoms with Crippen molar-refractivity contribution in [2.45, 2.75) is 51.9 Å². The van der Waals surface area contributed by atoms with Gasteiger partial charge in [-0.15, -0.1) is 0 Å². The van der Waals surface area contributed by atoms with Crippen LogP contribution in [0.5, 0.6) is 0 Å². The molecule has 0 aromatic heterocycles. The third-order valence-corrected chi connectivity index (χ3v) is 3.40. The highest BCUT2D eigenvalue weighted by molar-refractivity contribution is 7.99. The molecule has 1 amide bonds. The van der Waals surface area contributed by atoms with E-state index in [9.17, 15) is 4.79 Å². The lowest BCUT2D eigenvalue weighted by Crippen LogP contribution is -2.29. The summed E-state index contributed by atoms with van der Waals surface area (Å²) in [7, 11) is 0. The van der Waals surface area contributed by atoms with E-state index < -0.39 is 0 Å². The first-order valence-electron chi connectivity index (χ1n) is 5.88. The van der Waals surface area contributed by atoms with Gasteiger partial charge in [0.1, 0.15) is 0 Å². The van der Waals surface area contributed by atoms with Crippen molar-refractivity contribution in [3.8, 4) is 0 Å². The Morgan fingerprint density at radius 2 is 1.80 bits per heavy atom. The van der Waals surface area contributed by atoms with E-state index in [0.29, 0.717) is 6.42 Å². The predicted octanol–water partition coefficient (Wildman–Crippen LogP) is 2.46. The molecule has 0 aromatic rings. The molecule has 3 N–H and O–H groups in total. The molecule has 0 aliphatic rings. The molecular formula is C11H24N2OS. The number of unbranched alkanes of at least 4 members (excludes halogenated alkanes) is 4. The van der Waals surface area contributed by atoms with Gasteiger partial charge in [0.25, 0.3) is 0 Å². The van der Waals surface area contributed by atoms with Crippen LogP contribution < -0.4 is 11.3 Å². The molecule has 3 nitrogen and oxygen atoms in total. The predicted molar refractivity (Wildman–Crippen MR) is 67.6 cm³/mol. The molecule has 0 radical (unpaired) electrons. The summed E-state index contributed by atoms with van der Waals surface area (Å²) >= 11 is 2.03. The van der Waals surface area contributed by atoms with Gasteiger partial charge in [0.15, 0.2) is 0 Å². The van der Waals surface area contributed by atoms with E-state index >= 15 is 0 Å². The Kier molecular flexibility index (Phi) is 11.7. The SMILES string of the molecule is CCCCCSCCCCCC(=O)NN. The van der Waals surface area contributed by atoms with E-state index in [1.54, 1.807) is 0 Å². The summed E-state index contributed by atoms with van der Waals surface area (Å²) in [5.74, 6) is 7.45. The number of carbonyl (C=O) groups excluding carboxylic acids is 1. The van der Waals surface area contributed by atoms with Crippen molar-refractivity contribution in [1.29, 1.82) is 0 Å². The second-order valence-electron chi connectivity index (χ2n) is 3.70. The molecule has 0 unspecified atom stereocenters. The number of thioether (sulfide) groups is 1. The van der Waals surface area contributed by atoms with Crippen LogP contribution in [0.25, 0.3) is 0 Å². The summed E-state index contributed by atoms with van der Waals surface area (Å²) in [5.41, 5.74) is 2.15. The van der Waals surface area contributed by atoms with Crippen LogP contribution >= 0.6 is 11.8 Å². The Labute approximate surface area is 97.5 Å². The lowest BCUT2D eigenvalue weighted by atomic mass is 10.2. The van der Waals surface area contributed by atoms with Crippen LogP contribution in [0, 0.1) is 0 Å². The molecule has 4 heteroatoms. The first-order valence-corrected chi connectivity index (χ1v) is 7.04. The highest BCUT2D eigenvalue weighted by Crippen LogP contribution is 2.10. The molecule has 0 aromatic carbocycles. The van der Waals surface area contributed by atoms with Gasteiger partial charge in [-0.3, -0.25) is 10.2 Å². The monoisotopic (exact) mass is 232 g/mol. The Balaban J connectivity index is 2.95. The van der Waals surface area contributed by atoms with Crippen molar-refractivity contribution < 1.29 is 4.79 Å². The van der Waals surface area contributed by atoms with Crippen LogP contribution in [0.4, 0.5) is 0 Å². The van der Waals surface area contributed by atoms with Gasteiger partial charge in [-0.05, 0) is 30.8 Å². The van der Waals surface area contributed by atoms with Gasteiger partial charge < -0.3 is 0 Å². The maximum Gasteiger partial charge on any atom is 0.233 e. The minimum atomic E-state index is -0.0504. The van der Waals surface area contributed by atoms with Crippen molar-refractivity contribution >= 4 is 17.7 Å². The molecule has 0 saturated heterocycles. The van der Waals surface area contributed by atoms with Crippen molar-refractivity contribution in [3.05, 3.63) is 0 Å². The quantitative estimate of drug-likeness (QED) is 0.263. The van der Waals surface area contributed by atoms with Crippen molar-refractivity contribution in [1.82, 2.24) is 5.43 Å². The zero-order chi connectivity index (χ0) is 11.4. The lowest BCUT2D eigenvalue weighted by Gasteiger charge is -2.01. The second-order valence-corrected chi connectivity index (χ2v) is 4.92. The lowest BCUT2D eigenvalue weighted by molar-refractivity contribution is -0.121. The van der Waals surface area contributed by atoms with Crippen LogP contribution in [0.15, 0.2) is 0 Å². The molecule has 0 saturated carbocycles. The van der Waals surface area contributed by atoms with Gasteiger partial charge in [-0.2, -0.15) is 11.8 Å². The normalized spacial score (nSPS) is 10.3. The van der Waals surface area contributed by atoms with E-state index in [4.69, 9.17) is 5.84 Å². The van der Waals surface area contributed by atoms with Crippen LogP contribution in [0.2, 0.25) is 0 Å². The fourth-order valence-electron chi connectivity index (χ4n) is 1.29. The zero-order valence-electron chi connectivity index (χ0n) is 9.76. The minimum Gasteiger partial charge on any atom is -0.294 e. The number of hydrazine groups is 1. The van der Waals surface area contributed by atoms with E-state index in [1.807, 2.05) is 11.8 Å². The third kappa shape index (κ3) is 11.7. The highest BCUT2D eigenvalue weighted by atomic mass is 32.2. The van der Waals surface area contributed by atoms with Gasteiger partial charge in [0.2, 0.25) is 5.91 Å². The largest absolute Gasteiger partial charge is 0.294 e. The molecule has 0 aliphatic heterocycles. The molecule has 0 spiro atoms. The summed E-state index contributed by atoms with van der Waals surface area (Å²) in [6.45, 7) is 2.23. The van der Waals surface area contributed by atoms with Gasteiger partial charge in [-0.1, -0.05) is 26.2 Å². The van der Waals surface area contributed by atoms with Gasteiger partial charge in [-0.25, -0.2) is 5.84 Å². The molecule has 0 rings (SSSR count). The molecule has 0 bridgehead atoms. The van der Waals surface area contributed by atoms with Crippen LogP contribution in [0.3, 0.4) is 0 Å². The van der Waals surface area contributed by atoms with Gasteiger partial charge in [0, 0.05) is 6.42 Å². The summed E-state index contributed by atoms with van der Waals surface area (Å²) in [5, 5.41) is 0. The molecule has 90 valence electrons. The number of nitrogens with two attached hydrogens (primary N) is 1. The van der Waals surface area contributed by atoms with Crippen LogP contribution in [-0.4, -0.2) is 17.4 Å². The van der Waals surface area contributed by atoms with Crippen molar-refractivity contribution in [2.24, 2.45) is 5.84 Å². The molecular weight excluding hydrogens is 208 g/mol. The number of hydrogen-bond acceptors (Lipinski definition) is 3. The highest BCUT2D eigenvalue weighted by Gasteiger charge is 1.97. The molecule has 0 heterocycles. The number of amides is 1. The second kappa shape index (κ2) is 11.9.